The summed E-state index contributed by atoms with van der Waals surface area (Å²) in [5.74, 6) is 1.06. The first kappa shape index (κ1) is 17.8. The predicted octanol–water partition coefficient (Wildman–Crippen LogP) is 4.02. The minimum Gasteiger partial charge on any atom is -0.497 e. The Balaban J connectivity index is 1.89. The number of carbonyl (C=O) groups is 1. The number of nitrogens with one attached hydrogen (secondary N) is 1. The average Bonchev–Trinajstić information content (AvgIpc) is 3.16. The minimum absolute atomic E-state index is 0.224. The van der Waals surface area contributed by atoms with E-state index in [-0.39, 0.29) is 5.91 Å². The molecule has 0 saturated heterocycles. The molecule has 0 aliphatic heterocycles. The molecule has 0 spiro atoms. The van der Waals surface area contributed by atoms with Crippen LogP contribution >= 0.6 is 11.6 Å². The summed E-state index contributed by atoms with van der Waals surface area (Å²) < 4.78 is 10.6. The molecule has 3 aromatic rings. The fraction of sp³-hybridized carbons (Fsp3) is 0.158. The Hall–Kier alpha value is -2.99. The van der Waals surface area contributed by atoms with Crippen LogP contribution in [0.15, 0.2) is 48.5 Å². The molecule has 0 aliphatic carbocycles. The number of rotatable bonds is 5. The molecular weight excluding hydrogens is 354 g/mol. The van der Waals surface area contributed by atoms with E-state index in [0.717, 1.165) is 5.56 Å². The molecule has 1 heterocycles. The van der Waals surface area contributed by atoms with Crippen LogP contribution in [0.4, 0.5) is 5.69 Å². The van der Waals surface area contributed by atoms with Gasteiger partial charge >= 0.3 is 0 Å². The molecule has 0 saturated carbocycles. The van der Waals surface area contributed by atoms with Gasteiger partial charge in [-0.1, -0.05) is 17.7 Å². The number of ether oxygens (including phenoxy) is 2. The highest BCUT2D eigenvalue weighted by Gasteiger charge is 2.18. The number of anilines is 1. The van der Waals surface area contributed by atoms with Gasteiger partial charge < -0.3 is 14.4 Å². The summed E-state index contributed by atoms with van der Waals surface area (Å²) in [6.07, 6.45) is 0. The number of hydrogen-bond acceptors (Lipinski definition) is 4. The number of H-pyrrole nitrogens is 1. The van der Waals surface area contributed by atoms with Crippen LogP contribution in [0.25, 0.3) is 11.3 Å². The zero-order valence-corrected chi connectivity index (χ0v) is 15.4. The van der Waals surface area contributed by atoms with E-state index in [1.807, 2.05) is 18.2 Å². The van der Waals surface area contributed by atoms with Gasteiger partial charge in [0.05, 0.1) is 19.9 Å². The lowest BCUT2D eigenvalue weighted by Gasteiger charge is -2.16. The normalized spacial score (nSPS) is 10.5. The summed E-state index contributed by atoms with van der Waals surface area (Å²) in [6.45, 7) is 0. The first-order valence-corrected chi connectivity index (χ1v) is 8.22. The van der Waals surface area contributed by atoms with E-state index in [9.17, 15) is 4.79 Å². The highest BCUT2D eigenvalue weighted by atomic mass is 35.5. The number of carbonyl (C=O) groups excluding carboxylic acids is 1. The molecule has 0 radical (unpaired) electrons. The number of nitrogens with zero attached hydrogens (tertiary/aromatic N) is 2. The summed E-state index contributed by atoms with van der Waals surface area (Å²) in [5, 5.41) is 7.60. The Bertz CT molecular complexity index is 939. The van der Waals surface area contributed by atoms with Crippen molar-refractivity contribution < 1.29 is 14.3 Å². The smallest absolute Gasteiger partial charge is 0.276 e. The summed E-state index contributed by atoms with van der Waals surface area (Å²) >= 11 is 6.00. The van der Waals surface area contributed by atoms with Crippen LogP contribution < -0.4 is 14.4 Å². The molecule has 6 nitrogen and oxygen atoms in total. The summed E-state index contributed by atoms with van der Waals surface area (Å²) in [5.41, 5.74) is 2.42. The molecule has 1 aromatic heterocycles. The van der Waals surface area contributed by atoms with Crippen molar-refractivity contribution in [3.63, 3.8) is 0 Å². The van der Waals surface area contributed by atoms with Gasteiger partial charge in [-0.2, -0.15) is 5.10 Å². The van der Waals surface area contributed by atoms with E-state index in [1.165, 1.54) is 4.90 Å². The van der Waals surface area contributed by atoms with Crippen molar-refractivity contribution in [3.05, 3.63) is 59.2 Å². The lowest BCUT2D eigenvalue weighted by Crippen LogP contribution is -2.26. The fourth-order valence-electron chi connectivity index (χ4n) is 2.56. The van der Waals surface area contributed by atoms with Gasteiger partial charge in [-0.05, 0) is 36.4 Å². The van der Waals surface area contributed by atoms with E-state index in [4.69, 9.17) is 21.1 Å². The van der Waals surface area contributed by atoms with Gasteiger partial charge in [0.15, 0.2) is 0 Å². The first-order chi connectivity index (χ1) is 12.5. The monoisotopic (exact) mass is 371 g/mol. The third-order valence-electron chi connectivity index (χ3n) is 3.99. The SMILES string of the molecule is COc1ccc(-c2cc(C(=O)N(C)c3cccc(Cl)c3)[nH]n2)c(OC)c1. The molecule has 3 rings (SSSR count). The Morgan fingerprint density at radius 1 is 1.12 bits per heavy atom. The van der Waals surface area contributed by atoms with Crippen molar-refractivity contribution in [1.82, 2.24) is 10.2 Å². The van der Waals surface area contributed by atoms with Crippen LogP contribution in [0.1, 0.15) is 10.5 Å². The van der Waals surface area contributed by atoms with Gasteiger partial charge in [0.25, 0.3) is 5.91 Å². The van der Waals surface area contributed by atoms with Gasteiger partial charge in [-0.25, -0.2) is 0 Å². The van der Waals surface area contributed by atoms with E-state index < -0.39 is 0 Å². The van der Waals surface area contributed by atoms with Crippen molar-refractivity contribution in [3.8, 4) is 22.8 Å². The maximum Gasteiger partial charge on any atom is 0.276 e. The van der Waals surface area contributed by atoms with Gasteiger partial charge in [-0.3, -0.25) is 9.89 Å². The Morgan fingerprint density at radius 3 is 2.62 bits per heavy atom. The molecule has 0 unspecified atom stereocenters. The molecular formula is C19H18ClN3O3. The second kappa shape index (κ2) is 7.49. The summed E-state index contributed by atoms with van der Waals surface area (Å²) in [7, 11) is 4.85. The zero-order valence-electron chi connectivity index (χ0n) is 14.6. The minimum atomic E-state index is -0.224. The van der Waals surface area contributed by atoms with Crippen LogP contribution in [-0.4, -0.2) is 37.4 Å². The number of methoxy groups -OCH3 is 2. The Labute approximate surface area is 156 Å². The van der Waals surface area contributed by atoms with E-state index in [1.54, 1.807) is 51.6 Å². The van der Waals surface area contributed by atoms with Crippen LogP contribution in [0, 0.1) is 0 Å². The molecule has 1 N–H and O–H groups in total. The number of amides is 1. The first-order valence-electron chi connectivity index (χ1n) is 7.85. The number of hydrogen-bond donors (Lipinski definition) is 1. The Morgan fingerprint density at radius 2 is 1.92 bits per heavy atom. The Kier molecular flexibility index (Phi) is 5.14. The van der Waals surface area contributed by atoms with E-state index in [0.29, 0.717) is 33.6 Å². The van der Waals surface area contributed by atoms with Crippen LogP contribution in [0.3, 0.4) is 0 Å². The lowest BCUT2D eigenvalue weighted by molar-refractivity contribution is 0.0988. The van der Waals surface area contributed by atoms with Crippen LogP contribution in [-0.2, 0) is 0 Å². The fourth-order valence-corrected chi connectivity index (χ4v) is 2.75. The third-order valence-corrected chi connectivity index (χ3v) is 4.23. The number of benzene rings is 2. The van der Waals surface area contributed by atoms with Crippen molar-refractivity contribution in [1.29, 1.82) is 0 Å². The van der Waals surface area contributed by atoms with Gasteiger partial charge in [0, 0.05) is 29.4 Å². The molecule has 134 valence electrons. The topological polar surface area (TPSA) is 67.5 Å². The molecule has 26 heavy (non-hydrogen) atoms. The molecule has 0 fully saturated rings. The number of halogens is 1. The van der Waals surface area contributed by atoms with Gasteiger partial charge in [0.2, 0.25) is 0 Å². The van der Waals surface area contributed by atoms with Crippen molar-refractivity contribution in [2.24, 2.45) is 0 Å². The molecule has 0 bridgehead atoms. The zero-order chi connectivity index (χ0) is 18.7. The molecule has 7 heteroatoms. The van der Waals surface area contributed by atoms with Crippen molar-refractivity contribution >= 4 is 23.2 Å². The van der Waals surface area contributed by atoms with Crippen LogP contribution in [0.5, 0.6) is 11.5 Å². The standard InChI is InChI=1S/C19H18ClN3O3/c1-23(13-6-4-5-12(20)9-13)19(24)17-11-16(21-22-17)15-8-7-14(25-2)10-18(15)26-3/h4-11H,1-3H3,(H,21,22). The maximum absolute atomic E-state index is 12.7. The third kappa shape index (κ3) is 3.50. The molecule has 0 aliphatic rings. The maximum atomic E-state index is 12.7. The largest absolute Gasteiger partial charge is 0.497 e. The summed E-state index contributed by atoms with van der Waals surface area (Å²) in [4.78, 5) is 14.2. The second-order valence-electron chi connectivity index (χ2n) is 5.58. The molecule has 1 amide bonds. The number of aromatic nitrogens is 2. The van der Waals surface area contributed by atoms with Crippen LogP contribution in [0.2, 0.25) is 5.02 Å². The van der Waals surface area contributed by atoms with E-state index in [2.05, 4.69) is 10.2 Å². The van der Waals surface area contributed by atoms with Crippen molar-refractivity contribution in [2.45, 2.75) is 0 Å². The lowest BCUT2D eigenvalue weighted by atomic mass is 10.1. The average molecular weight is 372 g/mol. The molecule has 2 aromatic carbocycles. The second-order valence-corrected chi connectivity index (χ2v) is 6.01. The highest BCUT2D eigenvalue weighted by Crippen LogP contribution is 2.32. The van der Waals surface area contributed by atoms with Gasteiger partial charge in [0.1, 0.15) is 17.2 Å². The number of aromatic amines is 1. The quantitative estimate of drug-likeness (QED) is 0.735. The van der Waals surface area contributed by atoms with Crippen molar-refractivity contribution in [2.75, 3.05) is 26.2 Å². The predicted molar refractivity (Wildman–Crippen MR) is 101 cm³/mol. The van der Waals surface area contributed by atoms with E-state index >= 15 is 0 Å². The summed E-state index contributed by atoms with van der Waals surface area (Å²) in [6, 6.07) is 14.2. The highest BCUT2D eigenvalue weighted by molar-refractivity contribution is 6.31. The molecule has 0 atom stereocenters. The van der Waals surface area contributed by atoms with Gasteiger partial charge in [-0.15, -0.1) is 0 Å².